The quantitative estimate of drug-likeness (QED) is 0.641. The maximum absolute atomic E-state index is 10.6. The van der Waals surface area contributed by atoms with E-state index in [1.807, 2.05) is 0 Å². The van der Waals surface area contributed by atoms with Crippen LogP contribution >= 0.6 is 0 Å². The Morgan fingerprint density at radius 3 is 2.62 bits per heavy atom. The van der Waals surface area contributed by atoms with Crippen molar-refractivity contribution in [1.82, 2.24) is 10.2 Å². The van der Waals surface area contributed by atoms with E-state index in [0.717, 1.165) is 0 Å². The molecule has 1 heterocycles. The van der Waals surface area contributed by atoms with E-state index >= 15 is 0 Å². The third kappa shape index (κ3) is 3.62. The Morgan fingerprint density at radius 2 is 2.05 bits per heavy atom. The third-order valence-electron chi connectivity index (χ3n) is 2.98. The Bertz CT molecular complexity index is 650. The van der Waals surface area contributed by atoms with E-state index in [-0.39, 0.29) is 23.9 Å². The molecule has 1 aromatic heterocycles. The van der Waals surface area contributed by atoms with Crippen LogP contribution in [0, 0.1) is 10.1 Å². The van der Waals surface area contributed by atoms with Gasteiger partial charge in [0.2, 0.25) is 11.8 Å². The number of hydrogen-bond donors (Lipinski definition) is 1. The fourth-order valence-corrected chi connectivity index (χ4v) is 1.74. The second-order valence-corrected chi connectivity index (χ2v) is 4.58. The number of aliphatic carboxylic acids is 1. The standard InChI is InChI=1S/C13H13N3O5/c1-8(2-7-11(17)18)12-14-15-13(21-12)9-3-5-10(6-4-9)16(19)20/h3-6,8H,2,7H2,1H3,(H,17,18). The number of carboxylic acids is 1. The number of nitro groups is 1. The third-order valence-corrected chi connectivity index (χ3v) is 2.98. The van der Waals surface area contributed by atoms with Gasteiger partial charge in [-0.05, 0) is 18.6 Å². The lowest BCUT2D eigenvalue weighted by Gasteiger charge is -2.03. The molecule has 110 valence electrons. The summed E-state index contributed by atoms with van der Waals surface area (Å²) in [6.45, 7) is 1.80. The molecule has 8 nitrogen and oxygen atoms in total. The van der Waals surface area contributed by atoms with Crippen molar-refractivity contribution >= 4 is 11.7 Å². The van der Waals surface area contributed by atoms with Gasteiger partial charge >= 0.3 is 5.97 Å². The average molecular weight is 291 g/mol. The van der Waals surface area contributed by atoms with Crippen LogP contribution in [-0.4, -0.2) is 26.2 Å². The predicted molar refractivity (Wildman–Crippen MR) is 71.7 cm³/mol. The first-order valence-corrected chi connectivity index (χ1v) is 6.27. The fourth-order valence-electron chi connectivity index (χ4n) is 1.74. The number of hydrogen-bond acceptors (Lipinski definition) is 6. The van der Waals surface area contributed by atoms with Gasteiger partial charge in [0, 0.05) is 30.0 Å². The summed E-state index contributed by atoms with van der Waals surface area (Å²) in [4.78, 5) is 20.6. The van der Waals surface area contributed by atoms with Crippen LogP contribution < -0.4 is 0 Å². The molecule has 1 N–H and O–H groups in total. The van der Waals surface area contributed by atoms with Gasteiger partial charge in [-0.1, -0.05) is 6.92 Å². The van der Waals surface area contributed by atoms with Crippen molar-refractivity contribution in [2.24, 2.45) is 0 Å². The SMILES string of the molecule is CC(CCC(=O)O)c1nnc(-c2ccc([N+](=O)[O-])cc2)o1. The summed E-state index contributed by atoms with van der Waals surface area (Å²) < 4.78 is 5.48. The van der Waals surface area contributed by atoms with Crippen LogP contribution in [0.2, 0.25) is 0 Å². The first kappa shape index (κ1) is 14.6. The Hall–Kier alpha value is -2.77. The number of nitrogens with zero attached hydrogens (tertiary/aromatic N) is 3. The van der Waals surface area contributed by atoms with E-state index in [4.69, 9.17) is 9.52 Å². The molecule has 2 aromatic rings. The molecule has 0 spiro atoms. The lowest BCUT2D eigenvalue weighted by molar-refractivity contribution is -0.384. The van der Waals surface area contributed by atoms with Crippen molar-refractivity contribution in [2.45, 2.75) is 25.7 Å². The highest BCUT2D eigenvalue weighted by Crippen LogP contribution is 2.25. The van der Waals surface area contributed by atoms with Gasteiger partial charge in [0.25, 0.3) is 5.69 Å². The summed E-state index contributed by atoms with van der Waals surface area (Å²) in [5.74, 6) is -0.441. The molecule has 0 amide bonds. The largest absolute Gasteiger partial charge is 0.481 e. The van der Waals surface area contributed by atoms with Crippen molar-refractivity contribution in [2.75, 3.05) is 0 Å². The number of rotatable bonds is 6. The van der Waals surface area contributed by atoms with Crippen molar-refractivity contribution in [1.29, 1.82) is 0 Å². The minimum Gasteiger partial charge on any atom is -0.481 e. The fraction of sp³-hybridized carbons (Fsp3) is 0.308. The number of benzene rings is 1. The molecule has 8 heteroatoms. The highest BCUT2D eigenvalue weighted by Gasteiger charge is 2.16. The van der Waals surface area contributed by atoms with Gasteiger partial charge in [0.1, 0.15) is 0 Å². The Labute approximate surface area is 119 Å². The first-order valence-electron chi connectivity index (χ1n) is 6.27. The molecular formula is C13H13N3O5. The van der Waals surface area contributed by atoms with Crippen molar-refractivity contribution in [3.8, 4) is 11.5 Å². The van der Waals surface area contributed by atoms with E-state index in [2.05, 4.69) is 10.2 Å². The molecule has 0 saturated heterocycles. The van der Waals surface area contributed by atoms with Crippen LogP contribution in [0.3, 0.4) is 0 Å². The molecule has 1 atom stereocenters. The summed E-state index contributed by atoms with van der Waals surface area (Å²) >= 11 is 0. The van der Waals surface area contributed by atoms with E-state index in [1.165, 1.54) is 24.3 Å². The zero-order chi connectivity index (χ0) is 15.4. The topological polar surface area (TPSA) is 119 Å². The van der Waals surface area contributed by atoms with Crippen LogP contribution in [0.15, 0.2) is 28.7 Å². The maximum atomic E-state index is 10.6. The minimum atomic E-state index is -0.878. The van der Waals surface area contributed by atoms with Gasteiger partial charge in [0.05, 0.1) is 4.92 Å². The molecule has 0 aliphatic heterocycles. The minimum absolute atomic E-state index is 0.0201. The van der Waals surface area contributed by atoms with Crippen molar-refractivity contribution in [3.05, 3.63) is 40.3 Å². The predicted octanol–water partition coefficient (Wildman–Crippen LogP) is 2.61. The number of carbonyl (C=O) groups is 1. The summed E-state index contributed by atoms with van der Waals surface area (Å²) in [5, 5.41) is 27.0. The molecule has 1 unspecified atom stereocenters. The first-order chi connectivity index (χ1) is 9.97. The second-order valence-electron chi connectivity index (χ2n) is 4.58. The van der Waals surface area contributed by atoms with Crippen LogP contribution in [0.5, 0.6) is 0 Å². The lowest BCUT2D eigenvalue weighted by Crippen LogP contribution is -2.00. The zero-order valence-electron chi connectivity index (χ0n) is 11.2. The molecule has 0 bridgehead atoms. The van der Waals surface area contributed by atoms with Crippen LogP contribution in [0.4, 0.5) is 5.69 Å². The van der Waals surface area contributed by atoms with E-state index < -0.39 is 10.9 Å². The molecular weight excluding hydrogens is 278 g/mol. The van der Waals surface area contributed by atoms with Gasteiger partial charge in [-0.2, -0.15) is 0 Å². The molecule has 0 aliphatic carbocycles. The monoisotopic (exact) mass is 291 g/mol. The molecule has 21 heavy (non-hydrogen) atoms. The van der Waals surface area contributed by atoms with E-state index in [9.17, 15) is 14.9 Å². The highest BCUT2D eigenvalue weighted by molar-refractivity contribution is 5.66. The van der Waals surface area contributed by atoms with Crippen LogP contribution in [0.25, 0.3) is 11.5 Å². The number of aromatic nitrogens is 2. The molecule has 0 fully saturated rings. The zero-order valence-corrected chi connectivity index (χ0v) is 11.2. The summed E-state index contributed by atoms with van der Waals surface area (Å²) in [6, 6.07) is 5.76. The molecule has 0 radical (unpaired) electrons. The molecule has 0 aliphatic rings. The number of non-ortho nitro benzene ring substituents is 1. The highest BCUT2D eigenvalue weighted by atomic mass is 16.6. The Balaban J connectivity index is 2.11. The lowest BCUT2D eigenvalue weighted by atomic mass is 10.1. The molecule has 2 rings (SSSR count). The van der Waals surface area contributed by atoms with E-state index in [1.54, 1.807) is 6.92 Å². The van der Waals surface area contributed by atoms with Gasteiger partial charge in [0.15, 0.2) is 0 Å². The van der Waals surface area contributed by atoms with Gasteiger partial charge in [-0.15, -0.1) is 10.2 Å². The Kier molecular flexibility index (Phi) is 4.27. The van der Waals surface area contributed by atoms with Gasteiger partial charge in [-0.3, -0.25) is 14.9 Å². The normalized spacial score (nSPS) is 12.0. The van der Waals surface area contributed by atoms with Gasteiger partial charge in [-0.25, -0.2) is 0 Å². The summed E-state index contributed by atoms with van der Waals surface area (Å²) in [7, 11) is 0. The van der Waals surface area contributed by atoms with Crippen molar-refractivity contribution in [3.63, 3.8) is 0 Å². The second kappa shape index (κ2) is 6.12. The van der Waals surface area contributed by atoms with Gasteiger partial charge < -0.3 is 9.52 Å². The average Bonchev–Trinajstić information content (AvgIpc) is 2.94. The summed E-state index contributed by atoms with van der Waals surface area (Å²) in [6.07, 6.45) is 0.424. The molecule has 1 aromatic carbocycles. The van der Waals surface area contributed by atoms with Crippen LogP contribution in [0.1, 0.15) is 31.6 Å². The van der Waals surface area contributed by atoms with E-state index in [0.29, 0.717) is 17.9 Å². The Morgan fingerprint density at radius 1 is 1.38 bits per heavy atom. The summed E-state index contributed by atoms with van der Waals surface area (Å²) in [5.41, 5.74) is 0.554. The number of carboxylic acid groups (broad SMARTS) is 1. The van der Waals surface area contributed by atoms with Crippen LogP contribution in [-0.2, 0) is 4.79 Å². The van der Waals surface area contributed by atoms with Crippen molar-refractivity contribution < 1.29 is 19.2 Å². The maximum Gasteiger partial charge on any atom is 0.303 e. The molecule has 0 saturated carbocycles. The smallest absolute Gasteiger partial charge is 0.303 e. The number of nitro benzene ring substituents is 1.